The molecule has 0 fully saturated rings. The Kier molecular flexibility index (Phi) is 10.4. The lowest BCUT2D eigenvalue weighted by Crippen LogP contribution is -2.41. The van der Waals surface area contributed by atoms with Crippen LogP contribution in [0.3, 0.4) is 0 Å². The molecular formula is C22H43NO4. The van der Waals surface area contributed by atoms with Crippen LogP contribution in [0, 0.1) is 16.7 Å². The van der Waals surface area contributed by atoms with Crippen molar-refractivity contribution in [1.29, 1.82) is 0 Å². The van der Waals surface area contributed by atoms with Crippen molar-refractivity contribution in [2.24, 2.45) is 16.7 Å². The fourth-order valence-corrected chi connectivity index (χ4v) is 3.56. The van der Waals surface area contributed by atoms with Crippen LogP contribution in [0.4, 0.5) is 4.79 Å². The van der Waals surface area contributed by atoms with E-state index in [1.165, 1.54) is 0 Å². The average molecular weight is 386 g/mol. The summed E-state index contributed by atoms with van der Waals surface area (Å²) >= 11 is 0. The van der Waals surface area contributed by atoms with Crippen LogP contribution >= 0.6 is 0 Å². The summed E-state index contributed by atoms with van der Waals surface area (Å²) in [5, 5.41) is 2.71. The van der Waals surface area contributed by atoms with E-state index in [0.717, 1.165) is 32.1 Å². The van der Waals surface area contributed by atoms with Crippen molar-refractivity contribution in [3.63, 3.8) is 0 Å². The van der Waals surface area contributed by atoms with Gasteiger partial charge in [0.1, 0.15) is 12.2 Å². The first-order chi connectivity index (χ1) is 12.4. The predicted octanol–water partition coefficient (Wildman–Crippen LogP) is 5.71. The summed E-state index contributed by atoms with van der Waals surface area (Å²) in [7, 11) is 0. The standard InChI is InChI=1S/C22H43NO4/c1-10-13-22(11-2,12-3)27-19(25)23-14-15-26-18(24)21(9,17(4)5)16-20(6,7)8/h17H,10-16H2,1-9H3,(H,23,25). The average Bonchev–Trinajstić information content (AvgIpc) is 2.56. The summed E-state index contributed by atoms with van der Waals surface area (Å²) in [5.74, 6) is -0.0315. The molecule has 0 spiro atoms. The molecule has 1 N–H and O–H groups in total. The molecule has 0 aromatic carbocycles. The third-order valence-corrected chi connectivity index (χ3v) is 5.55. The highest BCUT2D eigenvalue weighted by Crippen LogP contribution is 2.40. The number of amides is 1. The molecule has 0 bridgehead atoms. The van der Waals surface area contributed by atoms with Gasteiger partial charge in [-0.25, -0.2) is 4.79 Å². The van der Waals surface area contributed by atoms with E-state index >= 15 is 0 Å². The number of nitrogens with one attached hydrogen (secondary N) is 1. The van der Waals surface area contributed by atoms with Gasteiger partial charge in [-0.2, -0.15) is 0 Å². The number of carbonyl (C=O) groups is 2. The Morgan fingerprint density at radius 1 is 1.00 bits per heavy atom. The number of hydrogen-bond acceptors (Lipinski definition) is 4. The minimum absolute atomic E-state index is 0.0308. The van der Waals surface area contributed by atoms with Crippen molar-refractivity contribution in [2.75, 3.05) is 13.2 Å². The van der Waals surface area contributed by atoms with Crippen LogP contribution in [-0.2, 0) is 14.3 Å². The zero-order valence-electron chi connectivity index (χ0n) is 19.2. The Labute approximate surface area is 167 Å². The van der Waals surface area contributed by atoms with Gasteiger partial charge in [0.2, 0.25) is 0 Å². The van der Waals surface area contributed by atoms with Crippen molar-refractivity contribution < 1.29 is 19.1 Å². The second-order valence-electron chi connectivity index (χ2n) is 9.40. The highest BCUT2D eigenvalue weighted by Gasteiger charge is 2.41. The quantitative estimate of drug-likeness (QED) is 0.365. The van der Waals surface area contributed by atoms with Gasteiger partial charge in [0.25, 0.3) is 0 Å². The number of rotatable bonds is 11. The van der Waals surface area contributed by atoms with E-state index in [1.54, 1.807) is 0 Å². The van der Waals surface area contributed by atoms with E-state index in [1.807, 2.05) is 34.6 Å². The summed E-state index contributed by atoms with van der Waals surface area (Å²) in [6.45, 7) is 19.0. The first kappa shape index (κ1) is 25.7. The zero-order valence-corrected chi connectivity index (χ0v) is 19.2. The smallest absolute Gasteiger partial charge is 0.407 e. The molecule has 0 saturated carbocycles. The summed E-state index contributed by atoms with van der Waals surface area (Å²) in [4.78, 5) is 24.8. The van der Waals surface area contributed by atoms with Gasteiger partial charge in [-0.05, 0) is 43.9 Å². The third kappa shape index (κ3) is 8.52. The fraction of sp³-hybridized carbons (Fsp3) is 0.909. The summed E-state index contributed by atoms with van der Waals surface area (Å²) < 4.78 is 11.2. The largest absolute Gasteiger partial charge is 0.463 e. The Morgan fingerprint density at radius 3 is 1.96 bits per heavy atom. The lowest BCUT2D eigenvalue weighted by atomic mass is 9.69. The first-order valence-electron chi connectivity index (χ1n) is 10.5. The molecule has 0 saturated heterocycles. The van der Waals surface area contributed by atoms with Gasteiger partial charge in [-0.1, -0.05) is 61.8 Å². The second kappa shape index (κ2) is 10.9. The Morgan fingerprint density at radius 2 is 1.56 bits per heavy atom. The van der Waals surface area contributed by atoms with Crippen LogP contribution in [0.25, 0.3) is 0 Å². The molecule has 0 aliphatic heterocycles. The number of ether oxygens (including phenoxy) is 2. The molecule has 1 unspecified atom stereocenters. The number of alkyl carbamates (subject to hydrolysis) is 1. The minimum Gasteiger partial charge on any atom is -0.463 e. The second-order valence-corrected chi connectivity index (χ2v) is 9.40. The van der Waals surface area contributed by atoms with E-state index in [4.69, 9.17) is 9.47 Å². The summed E-state index contributed by atoms with van der Waals surface area (Å²) in [6.07, 6.45) is 3.71. The maximum atomic E-state index is 12.7. The van der Waals surface area contributed by atoms with Crippen LogP contribution < -0.4 is 5.32 Å². The molecular weight excluding hydrogens is 342 g/mol. The zero-order chi connectivity index (χ0) is 21.3. The first-order valence-corrected chi connectivity index (χ1v) is 10.5. The normalized spacial score (nSPS) is 14.6. The molecule has 1 atom stereocenters. The van der Waals surface area contributed by atoms with Gasteiger partial charge in [-0.3, -0.25) is 4.79 Å². The number of carbonyl (C=O) groups excluding carboxylic acids is 2. The van der Waals surface area contributed by atoms with Crippen molar-refractivity contribution in [1.82, 2.24) is 5.32 Å². The van der Waals surface area contributed by atoms with Gasteiger partial charge in [0.05, 0.1) is 12.0 Å². The van der Waals surface area contributed by atoms with Crippen LogP contribution in [0.2, 0.25) is 0 Å². The number of esters is 1. The Hall–Kier alpha value is -1.26. The molecule has 0 aromatic rings. The van der Waals surface area contributed by atoms with Gasteiger partial charge in [-0.15, -0.1) is 0 Å². The molecule has 0 aromatic heterocycles. The molecule has 0 aliphatic rings. The van der Waals surface area contributed by atoms with Crippen molar-refractivity contribution in [3.05, 3.63) is 0 Å². The van der Waals surface area contributed by atoms with E-state index in [0.29, 0.717) is 0 Å². The van der Waals surface area contributed by atoms with Crippen LogP contribution in [0.15, 0.2) is 0 Å². The Balaban J connectivity index is 4.58. The van der Waals surface area contributed by atoms with Crippen molar-refractivity contribution in [3.8, 4) is 0 Å². The topological polar surface area (TPSA) is 64.6 Å². The van der Waals surface area contributed by atoms with E-state index < -0.39 is 17.1 Å². The van der Waals surface area contributed by atoms with E-state index in [9.17, 15) is 9.59 Å². The molecule has 0 radical (unpaired) electrons. The lowest BCUT2D eigenvalue weighted by Gasteiger charge is -2.36. The molecule has 5 nitrogen and oxygen atoms in total. The number of hydrogen-bond donors (Lipinski definition) is 1. The third-order valence-electron chi connectivity index (χ3n) is 5.55. The van der Waals surface area contributed by atoms with Gasteiger partial charge >= 0.3 is 12.1 Å². The lowest BCUT2D eigenvalue weighted by molar-refractivity contribution is -0.159. The molecule has 0 rings (SSSR count). The van der Waals surface area contributed by atoms with Crippen molar-refractivity contribution in [2.45, 2.75) is 100 Å². The molecule has 160 valence electrons. The SMILES string of the molecule is CCCC(CC)(CC)OC(=O)NCCOC(=O)C(C)(CC(C)(C)C)C(C)C. The van der Waals surface area contributed by atoms with Gasteiger partial charge in [0, 0.05) is 0 Å². The highest BCUT2D eigenvalue weighted by molar-refractivity contribution is 5.76. The monoisotopic (exact) mass is 385 g/mol. The molecule has 0 heterocycles. The van der Waals surface area contributed by atoms with Gasteiger partial charge < -0.3 is 14.8 Å². The fourth-order valence-electron chi connectivity index (χ4n) is 3.56. The van der Waals surface area contributed by atoms with E-state index in [2.05, 4.69) is 33.0 Å². The molecule has 5 heteroatoms. The van der Waals surface area contributed by atoms with Crippen LogP contribution in [0.1, 0.15) is 94.4 Å². The molecule has 1 amide bonds. The molecule has 0 aliphatic carbocycles. The summed E-state index contributed by atoms with van der Waals surface area (Å²) in [6, 6.07) is 0. The van der Waals surface area contributed by atoms with Crippen LogP contribution in [0.5, 0.6) is 0 Å². The van der Waals surface area contributed by atoms with E-state index in [-0.39, 0.29) is 30.5 Å². The molecule has 27 heavy (non-hydrogen) atoms. The van der Waals surface area contributed by atoms with Crippen molar-refractivity contribution >= 4 is 12.1 Å². The predicted molar refractivity (Wildman–Crippen MR) is 111 cm³/mol. The Bertz CT molecular complexity index is 463. The maximum Gasteiger partial charge on any atom is 0.407 e. The van der Waals surface area contributed by atoms with Crippen LogP contribution in [-0.4, -0.2) is 30.8 Å². The summed E-state index contributed by atoms with van der Waals surface area (Å²) in [5.41, 5.74) is -0.916. The maximum absolute atomic E-state index is 12.7. The highest BCUT2D eigenvalue weighted by atomic mass is 16.6. The minimum atomic E-state index is -0.542. The van der Waals surface area contributed by atoms with Gasteiger partial charge in [0.15, 0.2) is 0 Å².